The van der Waals surface area contributed by atoms with Crippen LogP contribution in [0.4, 0.5) is 0 Å². The van der Waals surface area contributed by atoms with Crippen LogP contribution < -0.4 is 5.73 Å². The Morgan fingerprint density at radius 3 is 2.75 bits per heavy atom. The molecule has 1 aliphatic heterocycles. The van der Waals surface area contributed by atoms with Crippen LogP contribution in [0.2, 0.25) is 0 Å². The SMILES string of the molecule is CCSC1CCCCN(C(=O)C2CCCC(N)C2)C1.Cl. The lowest BCUT2D eigenvalue weighted by Gasteiger charge is -2.32. The molecule has 0 aromatic carbocycles. The van der Waals surface area contributed by atoms with Crippen molar-refractivity contribution in [3.63, 3.8) is 0 Å². The molecule has 0 radical (unpaired) electrons. The normalized spacial score (nSPS) is 31.3. The quantitative estimate of drug-likeness (QED) is 0.869. The zero-order valence-electron chi connectivity index (χ0n) is 12.6. The van der Waals surface area contributed by atoms with Crippen LogP contribution in [0, 0.1) is 5.92 Å². The average Bonchev–Trinajstić information content (AvgIpc) is 2.64. The first kappa shape index (κ1) is 18.1. The van der Waals surface area contributed by atoms with Crippen LogP contribution in [-0.4, -0.2) is 40.9 Å². The number of likely N-dealkylation sites (tertiary alicyclic amines) is 1. The van der Waals surface area contributed by atoms with Crippen molar-refractivity contribution < 1.29 is 4.79 Å². The zero-order valence-corrected chi connectivity index (χ0v) is 14.2. The van der Waals surface area contributed by atoms with E-state index in [0.29, 0.717) is 11.2 Å². The van der Waals surface area contributed by atoms with Crippen molar-refractivity contribution in [2.24, 2.45) is 11.7 Å². The van der Waals surface area contributed by atoms with Gasteiger partial charge < -0.3 is 10.6 Å². The molecule has 0 spiro atoms. The Kier molecular flexibility index (Phi) is 8.30. The van der Waals surface area contributed by atoms with Gasteiger partial charge in [0.1, 0.15) is 0 Å². The summed E-state index contributed by atoms with van der Waals surface area (Å²) in [6, 6.07) is 0.246. The Hall–Kier alpha value is 0.0700. The molecule has 3 atom stereocenters. The highest BCUT2D eigenvalue weighted by molar-refractivity contribution is 7.99. The molecular formula is C15H29ClN2OS. The van der Waals surface area contributed by atoms with Crippen LogP contribution in [0.3, 0.4) is 0 Å². The van der Waals surface area contributed by atoms with Crippen LogP contribution >= 0.6 is 24.2 Å². The van der Waals surface area contributed by atoms with Gasteiger partial charge in [-0.2, -0.15) is 11.8 Å². The summed E-state index contributed by atoms with van der Waals surface area (Å²) in [7, 11) is 0. The van der Waals surface area contributed by atoms with E-state index in [2.05, 4.69) is 11.8 Å². The van der Waals surface area contributed by atoms with E-state index in [1.54, 1.807) is 0 Å². The standard InChI is InChI=1S/C15H28N2OS.ClH/c1-2-19-14-8-3-4-9-17(11-14)15(18)12-6-5-7-13(16)10-12;/h12-14H,2-11,16H2,1H3;1H. The topological polar surface area (TPSA) is 46.3 Å². The fraction of sp³-hybridized carbons (Fsp3) is 0.933. The van der Waals surface area contributed by atoms with E-state index in [0.717, 1.165) is 44.5 Å². The first-order valence-corrected chi connectivity index (χ1v) is 8.91. The number of nitrogens with zero attached hydrogens (tertiary/aromatic N) is 1. The molecule has 3 nitrogen and oxygen atoms in total. The lowest BCUT2D eigenvalue weighted by Crippen LogP contribution is -2.42. The predicted molar refractivity (Wildman–Crippen MR) is 89.5 cm³/mol. The third kappa shape index (κ3) is 5.12. The molecule has 2 rings (SSSR count). The highest BCUT2D eigenvalue weighted by Gasteiger charge is 2.30. The van der Waals surface area contributed by atoms with Crippen molar-refractivity contribution in [3.8, 4) is 0 Å². The van der Waals surface area contributed by atoms with Crippen molar-refractivity contribution >= 4 is 30.1 Å². The third-order valence-corrected chi connectivity index (χ3v) is 5.60. The molecular weight excluding hydrogens is 292 g/mol. The Morgan fingerprint density at radius 2 is 2.05 bits per heavy atom. The molecule has 0 bridgehead atoms. The number of carbonyl (C=O) groups excluding carboxylic acids is 1. The van der Waals surface area contributed by atoms with E-state index in [1.165, 1.54) is 19.3 Å². The summed E-state index contributed by atoms with van der Waals surface area (Å²) < 4.78 is 0. The maximum atomic E-state index is 12.7. The highest BCUT2D eigenvalue weighted by Crippen LogP contribution is 2.28. The van der Waals surface area contributed by atoms with Gasteiger partial charge in [0, 0.05) is 30.3 Å². The fourth-order valence-electron chi connectivity index (χ4n) is 3.39. The first-order valence-electron chi connectivity index (χ1n) is 7.86. The fourth-order valence-corrected chi connectivity index (χ4v) is 4.48. The number of carbonyl (C=O) groups is 1. The molecule has 118 valence electrons. The molecule has 5 heteroatoms. The van der Waals surface area contributed by atoms with E-state index in [4.69, 9.17) is 5.73 Å². The van der Waals surface area contributed by atoms with E-state index in [-0.39, 0.29) is 24.4 Å². The van der Waals surface area contributed by atoms with Crippen molar-refractivity contribution in [2.45, 2.75) is 63.2 Å². The molecule has 20 heavy (non-hydrogen) atoms. The molecule has 2 aliphatic rings. The number of thioether (sulfide) groups is 1. The summed E-state index contributed by atoms with van der Waals surface area (Å²) in [6.45, 7) is 4.14. The maximum absolute atomic E-state index is 12.7. The monoisotopic (exact) mass is 320 g/mol. The predicted octanol–water partition coefficient (Wildman–Crippen LogP) is 3.06. The third-order valence-electron chi connectivity index (χ3n) is 4.41. The summed E-state index contributed by atoms with van der Waals surface area (Å²) in [5, 5.41) is 0.647. The second-order valence-electron chi connectivity index (χ2n) is 5.98. The van der Waals surface area contributed by atoms with Gasteiger partial charge in [-0.1, -0.05) is 19.8 Å². The van der Waals surface area contributed by atoms with Crippen molar-refractivity contribution in [1.82, 2.24) is 4.90 Å². The van der Waals surface area contributed by atoms with E-state index >= 15 is 0 Å². The van der Waals surface area contributed by atoms with Gasteiger partial charge in [0.2, 0.25) is 5.91 Å². The molecule has 1 amide bonds. The van der Waals surface area contributed by atoms with Crippen LogP contribution in [0.1, 0.15) is 51.9 Å². The molecule has 1 heterocycles. The zero-order chi connectivity index (χ0) is 13.7. The van der Waals surface area contributed by atoms with E-state index in [9.17, 15) is 4.79 Å². The summed E-state index contributed by atoms with van der Waals surface area (Å²) in [4.78, 5) is 14.8. The minimum Gasteiger partial charge on any atom is -0.341 e. The summed E-state index contributed by atoms with van der Waals surface area (Å²) in [5.41, 5.74) is 6.02. The highest BCUT2D eigenvalue weighted by atomic mass is 35.5. The first-order chi connectivity index (χ1) is 9.20. The molecule has 3 unspecified atom stereocenters. The van der Waals surface area contributed by atoms with Crippen LogP contribution in [-0.2, 0) is 4.79 Å². The summed E-state index contributed by atoms with van der Waals surface area (Å²) >= 11 is 2.02. The lowest BCUT2D eigenvalue weighted by molar-refractivity contribution is -0.136. The molecule has 0 aromatic heterocycles. The van der Waals surface area contributed by atoms with Crippen LogP contribution in [0.15, 0.2) is 0 Å². The van der Waals surface area contributed by atoms with Gasteiger partial charge in [-0.05, 0) is 37.9 Å². The van der Waals surface area contributed by atoms with Gasteiger partial charge in [-0.25, -0.2) is 0 Å². The summed E-state index contributed by atoms with van der Waals surface area (Å²) in [5.74, 6) is 1.74. The number of halogens is 1. The molecule has 2 fully saturated rings. The Morgan fingerprint density at radius 1 is 1.25 bits per heavy atom. The van der Waals surface area contributed by atoms with Gasteiger partial charge in [-0.15, -0.1) is 12.4 Å². The summed E-state index contributed by atoms with van der Waals surface area (Å²) in [6.07, 6.45) is 7.88. The Labute approximate surface area is 133 Å². The lowest BCUT2D eigenvalue weighted by atomic mass is 9.85. The molecule has 1 saturated carbocycles. The van der Waals surface area contributed by atoms with Gasteiger partial charge >= 0.3 is 0 Å². The Bertz CT molecular complexity index is 304. The second-order valence-corrected chi connectivity index (χ2v) is 7.56. The van der Waals surface area contributed by atoms with Crippen molar-refractivity contribution in [1.29, 1.82) is 0 Å². The molecule has 1 saturated heterocycles. The van der Waals surface area contributed by atoms with E-state index in [1.807, 2.05) is 11.8 Å². The maximum Gasteiger partial charge on any atom is 0.225 e. The molecule has 2 N–H and O–H groups in total. The van der Waals surface area contributed by atoms with E-state index < -0.39 is 0 Å². The van der Waals surface area contributed by atoms with Gasteiger partial charge in [0.15, 0.2) is 0 Å². The number of hydrogen-bond donors (Lipinski definition) is 1. The van der Waals surface area contributed by atoms with Crippen molar-refractivity contribution in [2.75, 3.05) is 18.8 Å². The van der Waals surface area contributed by atoms with Gasteiger partial charge in [0.05, 0.1) is 0 Å². The second kappa shape index (κ2) is 9.16. The number of amides is 1. The number of hydrogen-bond acceptors (Lipinski definition) is 3. The van der Waals surface area contributed by atoms with Crippen LogP contribution in [0.5, 0.6) is 0 Å². The van der Waals surface area contributed by atoms with Crippen LogP contribution in [0.25, 0.3) is 0 Å². The van der Waals surface area contributed by atoms with Crippen molar-refractivity contribution in [3.05, 3.63) is 0 Å². The number of rotatable bonds is 3. The van der Waals surface area contributed by atoms with Gasteiger partial charge in [0.25, 0.3) is 0 Å². The minimum absolute atomic E-state index is 0. The van der Waals surface area contributed by atoms with Gasteiger partial charge in [-0.3, -0.25) is 4.79 Å². The molecule has 0 aromatic rings. The number of nitrogens with two attached hydrogens (primary N) is 1. The molecule has 1 aliphatic carbocycles. The smallest absolute Gasteiger partial charge is 0.225 e. The largest absolute Gasteiger partial charge is 0.341 e. The Balaban J connectivity index is 0.00000200. The minimum atomic E-state index is 0. The average molecular weight is 321 g/mol.